The Labute approximate surface area is 217 Å². The van der Waals surface area contributed by atoms with Crippen molar-refractivity contribution in [3.63, 3.8) is 0 Å². The number of thiazole rings is 1. The summed E-state index contributed by atoms with van der Waals surface area (Å²) in [5.74, 6) is -0.702. The molecule has 1 N–H and O–H groups in total. The summed E-state index contributed by atoms with van der Waals surface area (Å²) in [4.78, 5) is 33.2. The number of hydrogen-bond donors (Lipinski definition) is 1. The third kappa shape index (κ3) is 3.84. The molecule has 2 aliphatic heterocycles. The topological polar surface area (TPSA) is 89.0 Å². The molecule has 3 heterocycles. The van der Waals surface area contributed by atoms with E-state index < -0.39 is 17.7 Å². The summed E-state index contributed by atoms with van der Waals surface area (Å²) < 4.78 is 12.2. The van der Waals surface area contributed by atoms with Crippen molar-refractivity contribution in [1.82, 2.24) is 4.98 Å². The average molecular weight is 513 g/mol. The lowest BCUT2D eigenvalue weighted by Gasteiger charge is -2.23. The van der Waals surface area contributed by atoms with Gasteiger partial charge in [0.2, 0.25) is 0 Å². The number of hydrogen-bond acceptors (Lipinski definition) is 7. The molecule has 0 radical (unpaired) electrons. The largest absolute Gasteiger partial charge is 0.507 e. The van der Waals surface area contributed by atoms with Crippen molar-refractivity contribution in [3.05, 3.63) is 88.0 Å². The van der Waals surface area contributed by atoms with Crippen LogP contribution in [0.25, 0.3) is 16.0 Å². The van der Waals surface area contributed by atoms with Crippen LogP contribution < -0.4 is 14.4 Å². The van der Waals surface area contributed by atoms with Crippen molar-refractivity contribution < 1.29 is 24.2 Å². The quantitative estimate of drug-likeness (QED) is 0.218. The summed E-state index contributed by atoms with van der Waals surface area (Å²) in [5.41, 5.74) is 5.01. The Balaban J connectivity index is 1.55. The zero-order chi connectivity index (χ0) is 25.8. The number of aliphatic hydroxyl groups is 1. The van der Waals surface area contributed by atoms with E-state index in [1.165, 1.54) is 16.2 Å². The number of nitrogens with zero attached hydrogens (tertiary/aromatic N) is 2. The standard InChI is InChI=1S/C29H24N2O5S/c1-15-4-6-18(7-5-15)25-23(26(32)19-8-9-20-21(14-19)36-11-10-35-20)27(33)28(34)31(25)29-30-24-17(3)12-16(2)13-22(24)37-29/h4-9,12-14,25,32H,10-11H2,1-3H3/b26-23+. The van der Waals surface area contributed by atoms with Gasteiger partial charge in [0.1, 0.15) is 19.0 Å². The van der Waals surface area contributed by atoms with Crippen LogP contribution in [-0.4, -0.2) is 35.0 Å². The fourth-order valence-electron chi connectivity index (χ4n) is 4.90. The summed E-state index contributed by atoms with van der Waals surface area (Å²) in [7, 11) is 0. The third-order valence-electron chi connectivity index (χ3n) is 6.68. The summed E-state index contributed by atoms with van der Waals surface area (Å²) >= 11 is 1.36. The number of aryl methyl sites for hydroxylation is 3. The Kier molecular flexibility index (Phi) is 5.49. The molecule has 37 heavy (non-hydrogen) atoms. The highest BCUT2D eigenvalue weighted by molar-refractivity contribution is 7.22. The van der Waals surface area contributed by atoms with Gasteiger partial charge < -0.3 is 14.6 Å². The predicted octanol–water partition coefficient (Wildman–Crippen LogP) is 5.62. The number of rotatable bonds is 3. The van der Waals surface area contributed by atoms with Crippen molar-refractivity contribution >= 4 is 44.1 Å². The fraction of sp³-hybridized carbons (Fsp3) is 0.207. The molecule has 0 spiro atoms. The van der Waals surface area contributed by atoms with E-state index >= 15 is 0 Å². The van der Waals surface area contributed by atoms with Gasteiger partial charge in [0.05, 0.1) is 21.8 Å². The molecule has 8 heteroatoms. The number of Topliss-reactive ketones (excluding diaryl/α,β-unsaturated/α-hetero) is 1. The number of aromatic nitrogens is 1. The van der Waals surface area contributed by atoms with E-state index in [1.54, 1.807) is 18.2 Å². The number of benzene rings is 3. The molecule has 1 aromatic heterocycles. The van der Waals surface area contributed by atoms with Crippen LogP contribution in [0, 0.1) is 20.8 Å². The second kappa shape index (κ2) is 8.74. The van der Waals surface area contributed by atoms with Crippen LogP contribution >= 0.6 is 11.3 Å². The smallest absolute Gasteiger partial charge is 0.301 e. The number of anilines is 1. The van der Waals surface area contributed by atoms with Crippen LogP contribution in [0.2, 0.25) is 0 Å². The highest BCUT2D eigenvalue weighted by Gasteiger charge is 2.48. The SMILES string of the molecule is Cc1ccc(C2/C(=C(\O)c3ccc4c(c3)OCCO4)C(=O)C(=O)N2c2nc3c(C)cc(C)cc3s2)cc1. The number of amides is 1. The summed E-state index contributed by atoms with van der Waals surface area (Å²) in [5, 5.41) is 11.9. The van der Waals surface area contributed by atoms with Crippen molar-refractivity contribution in [2.75, 3.05) is 18.1 Å². The number of fused-ring (bicyclic) bond motifs is 2. The lowest BCUT2D eigenvalue weighted by atomic mass is 9.94. The fourth-order valence-corrected chi connectivity index (χ4v) is 6.07. The molecule has 7 nitrogen and oxygen atoms in total. The van der Waals surface area contributed by atoms with Gasteiger partial charge in [0.15, 0.2) is 16.6 Å². The third-order valence-corrected chi connectivity index (χ3v) is 7.68. The van der Waals surface area contributed by atoms with Crippen molar-refractivity contribution in [2.45, 2.75) is 26.8 Å². The molecular formula is C29H24N2O5S. The number of ether oxygens (including phenoxy) is 2. The van der Waals surface area contributed by atoms with Gasteiger partial charge in [-0.05, 0) is 61.7 Å². The first-order valence-corrected chi connectivity index (χ1v) is 12.8. The molecule has 1 saturated heterocycles. The number of carbonyl (C=O) groups is 2. The molecule has 2 aliphatic rings. The van der Waals surface area contributed by atoms with E-state index in [4.69, 9.17) is 14.5 Å². The van der Waals surface area contributed by atoms with Gasteiger partial charge in [0, 0.05) is 5.56 Å². The molecule has 4 aromatic rings. The van der Waals surface area contributed by atoms with Crippen molar-refractivity contribution in [3.8, 4) is 11.5 Å². The Morgan fingerprint density at radius 2 is 1.68 bits per heavy atom. The van der Waals surface area contributed by atoms with Crippen LogP contribution in [0.4, 0.5) is 5.13 Å². The molecule has 1 atom stereocenters. The van der Waals surface area contributed by atoms with E-state index in [0.29, 0.717) is 41.0 Å². The predicted molar refractivity (Wildman–Crippen MR) is 142 cm³/mol. The van der Waals surface area contributed by atoms with Gasteiger partial charge in [-0.3, -0.25) is 14.5 Å². The van der Waals surface area contributed by atoms with Gasteiger partial charge in [-0.15, -0.1) is 0 Å². The molecule has 1 amide bonds. The molecule has 6 rings (SSSR count). The Morgan fingerprint density at radius 3 is 2.43 bits per heavy atom. The zero-order valence-electron chi connectivity index (χ0n) is 20.6. The Bertz CT molecular complexity index is 1620. The minimum atomic E-state index is -0.837. The number of ketones is 1. The minimum Gasteiger partial charge on any atom is -0.507 e. The monoisotopic (exact) mass is 512 g/mol. The minimum absolute atomic E-state index is 0.0117. The first kappa shape index (κ1) is 23.2. The maximum Gasteiger partial charge on any atom is 0.301 e. The highest BCUT2D eigenvalue weighted by atomic mass is 32.1. The van der Waals surface area contributed by atoms with Crippen LogP contribution in [0.5, 0.6) is 11.5 Å². The maximum absolute atomic E-state index is 13.5. The first-order chi connectivity index (χ1) is 17.8. The molecule has 3 aromatic carbocycles. The van der Waals surface area contributed by atoms with Gasteiger partial charge in [-0.2, -0.15) is 0 Å². The van der Waals surface area contributed by atoms with Gasteiger partial charge in [-0.1, -0.05) is 47.2 Å². The average Bonchev–Trinajstić information content (AvgIpc) is 3.42. The molecule has 0 saturated carbocycles. The van der Waals surface area contributed by atoms with Crippen LogP contribution in [0.1, 0.15) is 33.9 Å². The second-order valence-corrected chi connectivity index (χ2v) is 10.4. The molecular weight excluding hydrogens is 488 g/mol. The highest BCUT2D eigenvalue weighted by Crippen LogP contribution is 2.45. The summed E-state index contributed by atoms with van der Waals surface area (Å²) in [6.07, 6.45) is 0. The van der Waals surface area contributed by atoms with Crippen LogP contribution in [0.3, 0.4) is 0 Å². The van der Waals surface area contributed by atoms with Crippen molar-refractivity contribution in [1.29, 1.82) is 0 Å². The Hall–Kier alpha value is -4.17. The van der Waals surface area contributed by atoms with E-state index in [0.717, 1.165) is 26.9 Å². The molecule has 1 unspecified atom stereocenters. The lowest BCUT2D eigenvalue weighted by Crippen LogP contribution is -2.29. The molecule has 186 valence electrons. The van der Waals surface area contributed by atoms with Crippen LogP contribution in [0.15, 0.2) is 60.2 Å². The second-order valence-electron chi connectivity index (χ2n) is 9.36. The molecule has 0 aliphatic carbocycles. The summed E-state index contributed by atoms with van der Waals surface area (Å²) in [6, 6.07) is 15.8. The molecule has 0 bridgehead atoms. The van der Waals surface area contributed by atoms with Gasteiger partial charge >= 0.3 is 5.91 Å². The van der Waals surface area contributed by atoms with E-state index in [9.17, 15) is 14.7 Å². The van der Waals surface area contributed by atoms with E-state index in [2.05, 4.69) is 0 Å². The first-order valence-electron chi connectivity index (χ1n) is 12.0. The molecule has 1 fully saturated rings. The Morgan fingerprint density at radius 1 is 0.946 bits per heavy atom. The van der Waals surface area contributed by atoms with Crippen molar-refractivity contribution in [2.24, 2.45) is 0 Å². The normalized spacial score (nSPS) is 18.6. The maximum atomic E-state index is 13.5. The zero-order valence-corrected chi connectivity index (χ0v) is 21.4. The number of aliphatic hydroxyl groups excluding tert-OH is 1. The lowest BCUT2D eigenvalue weighted by molar-refractivity contribution is -0.132. The van der Waals surface area contributed by atoms with Crippen LogP contribution in [-0.2, 0) is 9.59 Å². The van der Waals surface area contributed by atoms with Gasteiger partial charge in [-0.25, -0.2) is 4.98 Å². The van der Waals surface area contributed by atoms with E-state index in [1.807, 2.05) is 57.2 Å². The van der Waals surface area contributed by atoms with Gasteiger partial charge in [0.25, 0.3) is 5.78 Å². The summed E-state index contributed by atoms with van der Waals surface area (Å²) in [6.45, 7) is 6.79. The van der Waals surface area contributed by atoms with E-state index in [-0.39, 0.29) is 11.3 Å². The number of carbonyl (C=O) groups excluding carboxylic acids is 2.